The van der Waals surface area contributed by atoms with E-state index in [0.29, 0.717) is 22.5 Å². The Bertz CT molecular complexity index is 914. The number of sulfonamides is 1. The Balaban J connectivity index is 2.40. The molecule has 2 rings (SSSR count). The summed E-state index contributed by atoms with van der Waals surface area (Å²) in [5, 5.41) is 2.73. The molecule has 0 radical (unpaired) electrons. The van der Waals surface area contributed by atoms with E-state index in [-0.39, 0.29) is 16.2 Å². The predicted molar refractivity (Wildman–Crippen MR) is 101 cm³/mol. The molecule has 0 aliphatic heterocycles. The summed E-state index contributed by atoms with van der Waals surface area (Å²) in [7, 11) is -0.172. The number of benzene rings is 2. The van der Waals surface area contributed by atoms with Gasteiger partial charge in [0, 0.05) is 12.6 Å². The molecule has 0 aromatic heterocycles. The quantitative estimate of drug-likeness (QED) is 0.692. The molecular formula is C18H22N2O6S. The van der Waals surface area contributed by atoms with Crippen molar-refractivity contribution in [2.24, 2.45) is 0 Å². The minimum absolute atomic E-state index is 0.102. The predicted octanol–water partition coefficient (Wildman–Crippen LogP) is 2.53. The number of nitrogens with one attached hydrogen (secondary N) is 1. The first-order valence-electron chi connectivity index (χ1n) is 8.09. The fraction of sp³-hybridized carbons (Fsp3) is 0.278. The van der Waals surface area contributed by atoms with E-state index in [0.717, 1.165) is 0 Å². The van der Waals surface area contributed by atoms with Crippen molar-refractivity contribution < 1.29 is 27.5 Å². The van der Waals surface area contributed by atoms with Crippen molar-refractivity contribution >= 4 is 21.6 Å². The standard InChI is InChI=1S/C18H22N2O6S/c1-5-26-15-9-7-6-8-14(15)19-18(21)13-10-11-16(24-3)17(12-13)27(22,23)20(2)25-4/h6-12H,5H2,1-4H3,(H,19,21). The third-order valence-corrected chi connectivity index (χ3v) is 5.44. The summed E-state index contributed by atoms with van der Waals surface area (Å²) < 4.78 is 36.5. The second kappa shape index (κ2) is 8.85. The van der Waals surface area contributed by atoms with Crippen molar-refractivity contribution in [1.82, 2.24) is 4.47 Å². The number of hydrogen-bond donors (Lipinski definition) is 1. The number of nitrogens with zero attached hydrogens (tertiary/aromatic N) is 1. The number of carbonyl (C=O) groups excluding carboxylic acids is 1. The second-order valence-electron chi connectivity index (χ2n) is 5.35. The third-order valence-electron chi connectivity index (χ3n) is 3.73. The van der Waals surface area contributed by atoms with Crippen LogP contribution in [0.5, 0.6) is 11.5 Å². The first-order valence-corrected chi connectivity index (χ1v) is 9.53. The number of carbonyl (C=O) groups is 1. The molecule has 27 heavy (non-hydrogen) atoms. The average Bonchev–Trinajstić information content (AvgIpc) is 2.68. The Morgan fingerprint density at radius 3 is 2.44 bits per heavy atom. The Morgan fingerprint density at radius 2 is 1.81 bits per heavy atom. The van der Waals surface area contributed by atoms with Crippen molar-refractivity contribution in [3.05, 3.63) is 48.0 Å². The van der Waals surface area contributed by atoms with E-state index in [1.165, 1.54) is 39.5 Å². The number of rotatable bonds is 8. The molecule has 0 aliphatic rings. The lowest BCUT2D eigenvalue weighted by molar-refractivity contribution is -0.0259. The van der Waals surface area contributed by atoms with Crippen LogP contribution in [0.4, 0.5) is 5.69 Å². The van der Waals surface area contributed by atoms with Crippen LogP contribution < -0.4 is 14.8 Å². The molecule has 0 fully saturated rings. The molecule has 0 unspecified atom stereocenters. The summed E-state index contributed by atoms with van der Waals surface area (Å²) in [5.74, 6) is 0.139. The van der Waals surface area contributed by atoms with E-state index in [1.807, 2.05) is 6.92 Å². The number of hydroxylamine groups is 1. The van der Waals surface area contributed by atoms with Crippen LogP contribution in [0.25, 0.3) is 0 Å². The van der Waals surface area contributed by atoms with Crippen molar-refractivity contribution in [2.75, 3.05) is 33.2 Å². The van der Waals surface area contributed by atoms with Crippen molar-refractivity contribution in [1.29, 1.82) is 0 Å². The molecule has 0 bridgehead atoms. The second-order valence-corrected chi connectivity index (χ2v) is 7.25. The highest BCUT2D eigenvalue weighted by Crippen LogP contribution is 2.29. The van der Waals surface area contributed by atoms with Gasteiger partial charge in [0.2, 0.25) is 0 Å². The minimum atomic E-state index is -4.00. The molecule has 0 saturated heterocycles. The summed E-state index contributed by atoms with van der Waals surface area (Å²) in [5.41, 5.74) is 0.628. The molecule has 2 aromatic rings. The maximum Gasteiger partial charge on any atom is 0.268 e. The molecule has 1 N–H and O–H groups in total. The Kier molecular flexibility index (Phi) is 6.78. The van der Waals surface area contributed by atoms with Gasteiger partial charge in [0.15, 0.2) is 0 Å². The van der Waals surface area contributed by atoms with Crippen LogP contribution in [0.2, 0.25) is 0 Å². The van der Waals surface area contributed by atoms with Crippen LogP contribution in [-0.4, -0.2) is 46.7 Å². The topological polar surface area (TPSA) is 94.2 Å². The van der Waals surface area contributed by atoms with Crippen LogP contribution >= 0.6 is 0 Å². The summed E-state index contributed by atoms with van der Waals surface area (Å²) in [6, 6.07) is 11.1. The van der Waals surface area contributed by atoms with Crippen LogP contribution in [0, 0.1) is 0 Å². The smallest absolute Gasteiger partial charge is 0.268 e. The summed E-state index contributed by atoms with van der Waals surface area (Å²) in [4.78, 5) is 17.2. The first-order chi connectivity index (χ1) is 12.8. The van der Waals surface area contributed by atoms with E-state index in [2.05, 4.69) is 5.32 Å². The summed E-state index contributed by atoms with van der Waals surface area (Å²) >= 11 is 0. The van der Waals surface area contributed by atoms with E-state index in [1.54, 1.807) is 24.3 Å². The zero-order valence-electron chi connectivity index (χ0n) is 15.6. The van der Waals surface area contributed by atoms with Gasteiger partial charge in [-0.1, -0.05) is 16.6 Å². The number of amides is 1. The average molecular weight is 394 g/mol. The number of methoxy groups -OCH3 is 1. The molecule has 0 heterocycles. The van der Waals surface area contributed by atoms with Gasteiger partial charge in [0.25, 0.3) is 15.9 Å². The first kappa shape index (κ1) is 20.7. The van der Waals surface area contributed by atoms with E-state index < -0.39 is 15.9 Å². The molecule has 9 heteroatoms. The molecule has 8 nitrogen and oxygen atoms in total. The van der Waals surface area contributed by atoms with Crippen LogP contribution in [0.3, 0.4) is 0 Å². The molecule has 0 atom stereocenters. The van der Waals surface area contributed by atoms with Gasteiger partial charge >= 0.3 is 0 Å². The van der Waals surface area contributed by atoms with Gasteiger partial charge in [0.1, 0.15) is 16.4 Å². The normalized spacial score (nSPS) is 11.3. The zero-order valence-corrected chi connectivity index (χ0v) is 16.4. The molecule has 0 aliphatic carbocycles. The highest BCUT2D eigenvalue weighted by Gasteiger charge is 2.26. The maximum absolute atomic E-state index is 12.6. The zero-order chi connectivity index (χ0) is 20.0. The van der Waals surface area contributed by atoms with E-state index in [4.69, 9.17) is 14.3 Å². The Morgan fingerprint density at radius 1 is 1.11 bits per heavy atom. The summed E-state index contributed by atoms with van der Waals surface area (Å²) in [6.45, 7) is 2.28. The number of anilines is 1. The molecular weight excluding hydrogens is 372 g/mol. The maximum atomic E-state index is 12.6. The highest BCUT2D eigenvalue weighted by atomic mass is 32.2. The largest absolute Gasteiger partial charge is 0.495 e. The van der Waals surface area contributed by atoms with Crippen molar-refractivity contribution in [3.8, 4) is 11.5 Å². The highest BCUT2D eigenvalue weighted by molar-refractivity contribution is 7.89. The fourth-order valence-corrected chi connectivity index (χ4v) is 3.46. The van der Waals surface area contributed by atoms with Crippen molar-refractivity contribution in [3.63, 3.8) is 0 Å². The van der Waals surface area contributed by atoms with Gasteiger partial charge < -0.3 is 14.8 Å². The number of para-hydroxylation sites is 2. The van der Waals surface area contributed by atoms with Crippen LogP contribution in [-0.2, 0) is 14.9 Å². The molecule has 0 saturated carbocycles. The van der Waals surface area contributed by atoms with Gasteiger partial charge in [-0.2, -0.15) is 0 Å². The molecule has 1 amide bonds. The van der Waals surface area contributed by atoms with E-state index >= 15 is 0 Å². The van der Waals surface area contributed by atoms with Gasteiger partial charge in [-0.3, -0.25) is 9.63 Å². The van der Waals surface area contributed by atoms with Gasteiger partial charge in [-0.05, 0) is 37.3 Å². The van der Waals surface area contributed by atoms with Crippen LogP contribution in [0.15, 0.2) is 47.4 Å². The van der Waals surface area contributed by atoms with E-state index in [9.17, 15) is 13.2 Å². The van der Waals surface area contributed by atoms with Gasteiger partial charge in [0.05, 0.1) is 26.5 Å². The number of hydrogen-bond acceptors (Lipinski definition) is 6. The van der Waals surface area contributed by atoms with Crippen LogP contribution in [0.1, 0.15) is 17.3 Å². The number of ether oxygens (including phenoxy) is 2. The fourth-order valence-electron chi connectivity index (χ4n) is 2.30. The molecule has 2 aromatic carbocycles. The minimum Gasteiger partial charge on any atom is -0.495 e. The molecule has 0 spiro atoms. The summed E-state index contributed by atoms with van der Waals surface area (Å²) in [6.07, 6.45) is 0. The lowest BCUT2D eigenvalue weighted by atomic mass is 10.2. The van der Waals surface area contributed by atoms with Gasteiger partial charge in [-0.25, -0.2) is 8.42 Å². The van der Waals surface area contributed by atoms with Crippen molar-refractivity contribution in [2.45, 2.75) is 11.8 Å². The van der Waals surface area contributed by atoms with Gasteiger partial charge in [-0.15, -0.1) is 0 Å². The third kappa shape index (κ3) is 4.57. The SMILES string of the molecule is CCOc1ccccc1NC(=O)c1ccc(OC)c(S(=O)(=O)N(C)OC)c1. The Hall–Kier alpha value is -2.62. The monoisotopic (exact) mass is 394 g/mol. The lowest BCUT2D eigenvalue weighted by Gasteiger charge is -2.17. The Labute approximate surface area is 158 Å². The molecule has 146 valence electrons. The lowest BCUT2D eigenvalue weighted by Crippen LogP contribution is -2.26.